The molecule has 6 nitrogen and oxygen atoms in total. The molecular weight excluding hydrogens is 592 g/mol. The van der Waals surface area contributed by atoms with Crippen LogP contribution in [0.4, 0.5) is 0 Å². The maximum atomic E-state index is 9.53. The van der Waals surface area contributed by atoms with E-state index < -0.39 is 0 Å². The van der Waals surface area contributed by atoms with Gasteiger partial charge in [0.05, 0.1) is 11.4 Å². The first-order valence-electron chi connectivity index (χ1n) is 17.4. The molecule has 6 heteroatoms. The summed E-state index contributed by atoms with van der Waals surface area (Å²) in [5.41, 5.74) is 8.67. The second-order valence-corrected chi connectivity index (χ2v) is 12.3. The lowest BCUT2D eigenvalue weighted by Crippen LogP contribution is -1.90. The van der Waals surface area contributed by atoms with Crippen molar-refractivity contribution in [3.05, 3.63) is 121 Å². The first-order valence-corrected chi connectivity index (χ1v) is 17.4. The fourth-order valence-corrected chi connectivity index (χ4v) is 5.82. The highest BCUT2D eigenvalue weighted by Crippen LogP contribution is 2.30. The second-order valence-electron chi connectivity index (χ2n) is 12.3. The largest absolute Gasteiger partial charge is 0.508 e. The molecule has 0 spiro atoms. The third-order valence-electron chi connectivity index (χ3n) is 8.49. The number of aryl methyl sites for hydroxylation is 2. The molecule has 0 aliphatic heterocycles. The second kappa shape index (κ2) is 17.7. The molecule has 4 N–H and O–H groups in total. The molecule has 0 saturated carbocycles. The number of H-pyrrole nitrogens is 2. The van der Waals surface area contributed by atoms with Crippen LogP contribution in [0.5, 0.6) is 11.5 Å². The quantitative estimate of drug-likeness (QED) is 0.0890. The summed E-state index contributed by atoms with van der Waals surface area (Å²) < 4.78 is 0. The van der Waals surface area contributed by atoms with Crippen molar-refractivity contribution >= 4 is 0 Å². The molecular formula is C42H48N4O2. The number of hydrogen-bond donors (Lipinski definition) is 4. The summed E-state index contributed by atoms with van der Waals surface area (Å²) in [6.45, 7) is 4.46. The van der Waals surface area contributed by atoms with Gasteiger partial charge in [0.15, 0.2) is 0 Å². The molecule has 4 aromatic carbocycles. The number of hydrogen-bond acceptors (Lipinski definition) is 4. The van der Waals surface area contributed by atoms with Crippen LogP contribution in [-0.4, -0.2) is 30.1 Å². The van der Waals surface area contributed by atoms with Gasteiger partial charge in [0, 0.05) is 33.6 Å². The highest BCUT2D eigenvalue weighted by molar-refractivity contribution is 5.69. The summed E-state index contributed by atoms with van der Waals surface area (Å²) in [5.74, 6) is 2.32. The minimum Gasteiger partial charge on any atom is -0.508 e. The Morgan fingerprint density at radius 2 is 0.812 bits per heavy atom. The van der Waals surface area contributed by atoms with Crippen molar-refractivity contribution in [2.24, 2.45) is 0 Å². The van der Waals surface area contributed by atoms with E-state index in [-0.39, 0.29) is 11.5 Å². The van der Waals surface area contributed by atoms with Crippen LogP contribution in [0.25, 0.3) is 45.3 Å². The van der Waals surface area contributed by atoms with Gasteiger partial charge in [0.25, 0.3) is 0 Å². The normalized spacial score (nSPS) is 10.9. The van der Waals surface area contributed by atoms with Gasteiger partial charge in [0.2, 0.25) is 0 Å². The molecule has 0 amide bonds. The van der Waals surface area contributed by atoms with E-state index in [1.807, 2.05) is 60.7 Å². The van der Waals surface area contributed by atoms with Crippen LogP contribution in [0.1, 0.15) is 76.6 Å². The van der Waals surface area contributed by atoms with E-state index in [9.17, 15) is 10.2 Å². The Kier molecular flexibility index (Phi) is 12.6. The number of aromatic amines is 2. The van der Waals surface area contributed by atoms with Crippen LogP contribution < -0.4 is 0 Å². The molecule has 48 heavy (non-hydrogen) atoms. The molecule has 0 unspecified atom stereocenters. The van der Waals surface area contributed by atoms with Gasteiger partial charge in [-0.25, -0.2) is 9.97 Å². The van der Waals surface area contributed by atoms with Crippen LogP contribution in [0.15, 0.2) is 109 Å². The van der Waals surface area contributed by atoms with Crippen molar-refractivity contribution < 1.29 is 10.2 Å². The van der Waals surface area contributed by atoms with E-state index in [1.165, 1.54) is 56.3 Å². The molecule has 6 aromatic rings. The number of aromatic nitrogens is 4. The number of unbranched alkanes of at least 4 members (excludes halogenated alkanes) is 6. The molecule has 0 fully saturated rings. The number of benzene rings is 4. The predicted molar refractivity (Wildman–Crippen MR) is 198 cm³/mol. The predicted octanol–water partition coefficient (Wildman–Crippen LogP) is 11.1. The van der Waals surface area contributed by atoms with Gasteiger partial charge in [-0.15, -0.1) is 0 Å². The van der Waals surface area contributed by atoms with E-state index in [0.29, 0.717) is 0 Å². The third kappa shape index (κ3) is 9.47. The topological polar surface area (TPSA) is 97.8 Å². The summed E-state index contributed by atoms with van der Waals surface area (Å²) in [7, 11) is 0. The van der Waals surface area contributed by atoms with E-state index in [4.69, 9.17) is 9.97 Å². The number of nitrogens with one attached hydrogen (secondary N) is 2. The molecule has 0 aliphatic rings. The summed E-state index contributed by atoms with van der Waals surface area (Å²) in [4.78, 5) is 16.7. The average Bonchev–Trinajstić information content (AvgIpc) is 3.75. The molecule has 2 aromatic heterocycles. The molecule has 0 radical (unpaired) electrons. The molecule has 2 heterocycles. The van der Waals surface area contributed by atoms with Crippen molar-refractivity contribution in [2.45, 2.75) is 78.1 Å². The van der Waals surface area contributed by atoms with E-state index in [0.717, 1.165) is 64.6 Å². The molecule has 6 rings (SSSR count). The van der Waals surface area contributed by atoms with Crippen molar-refractivity contribution in [1.29, 1.82) is 0 Å². The maximum Gasteiger partial charge on any atom is 0.138 e. The lowest BCUT2D eigenvalue weighted by molar-refractivity contribution is 0.475. The minimum absolute atomic E-state index is 0.272. The molecule has 0 aliphatic carbocycles. The van der Waals surface area contributed by atoms with Gasteiger partial charge in [-0.3, -0.25) is 0 Å². The summed E-state index contributed by atoms with van der Waals surface area (Å²) >= 11 is 0. The van der Waals surface area contributed by atoms with Gasteiger partial charge in [-0.1, -0.05) is 113 Å². The van der Waals surface area contributed by atoms with Crippen molar-refractivity contribution in [3.63, 3.8) is 0 Å². The number of phenols is 2. The number of aromatic hydroxyl groups is 2. The Balaban J connectivity index is 0.000000188. The zero-order chi connectivity index (χ0) is 33.6. The first-order chi connectivity index (χ1) is 23.6. The molecule has 0 saturated heterocycles. The Morgan fingerprint density at radius 3 is 1.25 bits per heavy atom. The summed E-state index contributed by atoms with van der Waals surface area (Å²) in [5, 5.41) is 19.0. The Bertz CT molecular complexity index is 1790. The molecule has 0 atom stereocenters. The van der Waals surface area contributed by atoms with Crippen LogP contribution in [-0.2, 0) is 12.8 Å². The fourth-order valence-electron chi connectivity index (χ4n) is 5.82. The number of rotatable bonds is 14. The fraction of sp³-hybridized carbons (Fsp3) is 0.286. The minimum atomic E-state index is 0.272. The Hall–Kier alpha value is -5.10. The van der Waals surface area contributed by atoms with E-state index in [1.54, 1.807) is 24.3 Å². The average molecular weight is 641 g/mol. The number of nitrogens with zero attached hydrogens (tertiary/aromatic N) is 2. The SMILES string of the molecule is CCCCCCc1[nH]c(-c2ccc(O)cc2)nc1-c1ccccc1.CCCCCCc1[nH]c(-c2ccccc2)nc1-c1ccc(O)cc1. The maximum absolute atomic E-state index is 9.53. The third-order valence-corrected chi connectivity index (χ3v) is 8.49. The van der Waals surface area contributed by atoms with E-state index >= 15 is 0 Å². The molecule has 248 valence electrons. The van der Waals surface area contributed by atoms with Gasteiger partial charge in [0.1, 0.15) is 23.1 Å². The molecule has 0 bridgehead atoms. The number of phenolic OH excluding ortho intramolecular Hbond substituents is 2. The number of imidazole rings is 2. The lowest BCUT2D eigenvalue weighted by atomic mass is 10.1. The first kappa shape index (κ1) is 34.2. The zero-order valence-electron chi connectivity index (χ0n) is 28.3. The highest BCUT2D eigenvalue weighted by Gasteiger charge is 2.15. The van der Waals surface area contributed by atoms with Gasteiger partial charge < -0.3 is 20.2 Å². The Morgan fingerprint density at radius 1 is 0.438 bits per heavy atom. The summed E-state index contributed by atoms with van der Waals surface area (Å²) in [6, 6.07) is 35.0. The van der Waals surface area contributed by atoms with Gasteiger partial charge in [-0.2, -0.15) is 0 Å². The van der Waals surface area contributed by atoms with Crippen LogP contribution in [0.2, 0.25) is 0 Å². The Labute approximate surface area is 285 Å². The van der Waals surface area contributed by atoms with Crippen molar-refractivity contribution in [1.82, 2.24) is 19.9 Å². The van der Waals surface area contributed by atoms with E-state index in [2.05, 4.69) is 48.1 Å². The van der Waals surface area contributed by atoms with Crippen LogP contribution in [0, 0.1) is 0 Å². The summed E-state index contributed by atoms with van der Waals surface area (Å²) in [6.07, 6.45) is 11.9. The van der Waals surface area contributed by atoms with Crippen molar-refractivity contribution in [2.75, 3.05) is 0 Å². The smallest absolute Gasteiger partial charge is 0.138 e. The highest BCUT2D eigenvalue weighted by atomic mass is 16.3. The van der Waals surface area contributed by atoms with Crippen LogP contribution >= 0.6 is 0 Å². The standard InChI is InChI=1S/2C21H24N2O/c1-2-3-4-8-11-19-20(16-12-14-18(24)15-13-16)23-21(22-19)17-9-6-5-7-10-17;1-2-3-4-8-11-19-20(16-9-6-5-7-10-16)23-21(22-19)17-12-14-18(24)15-13-17/h2*5-7,9-10,12-15,24H,2-4,8,11H2,1H3,(H,22,23). The van der Waals surface area contributed by atoms with Gasteiger partial charge >= 0.3 is 0 Å². The van der Waals surface area contributed by atoms with Crippen molar-refractivity contribution in [3.8, 4) is 56.8 Å². The zero-order valence-corrected chi connectivity index (χ0v) is 28.3. The van der Waals surface area contributed by atoms with Gasteiger partial charge in [-0.05, 0) is 74.2 Å². The monoisotopic (exact) mass is 640 g/mol. The van der Waals surface area contributed by atoms with Crippen LogP contribution in [0.3, 0.4) is 0 Å². The lowest BCUT2D eigenvalue weighted by Gasteiger charge is -2.03.